The molecule has 0 bridgehead atoms. The topological polar surface area (TPSA) is 51.0 Å². The van der Waals surface area contributed by atoms with E-state index in [-0.39, 0.29) is 0 Å². The summed E-state index contributed by atoms with van der Waals surface area (Å²) in [5.74, 6) is 1.27. The standard InChI is InChI=1S/C17H23N3O/c1-13-18-17(21-20-13)15-11-7-8-12-16(15)19-14-9-5-3-2-4-6-10-14/h7-8,11-12,14,19H,2-6,9-10H2,1H3. The van der Waals surface area contributed by atoms with Gasteiger partial charge in [0.05, 0.1) is 5.56 Å². The molecule has 1 heterocycles. The molecule has 4 nitrogen and oxygen atoms in total. The molecule has 0 unspecified atom stereocenters. The van der Waals surface area contributed by atoms with E-state index in [0.29, 0.717) is 17.8 Å². The Kier molecular flexibility index (Phi) is 4.53. The maximum absolute atomic E-state index is 5.32. The minimum Gasteiger partial charge on any atom is -0.382 e. The summed E-state index contributed by atoms with van der Waals surface area (Å²) in [4.78, 5) is 4.35. The highest BCUT2D eigenvalue weighted by molar-refractivity contribution is 5.72. The molecule has 1 aromatic heterocycles. The number of para-hydroxylation sites is 1. The van der Waals surface area contributed by atoms with Gasteiger partial charge in [0.2, 0.25) is 0 Å². The summed E-state index contributed by atoms with van der Waals surface area (Å²) in [6.07, 6.45) is 9.25. The van der Waals surface area contributed by atoms with Crippen LogP contribution in [0.15, 0.2) is 28.8 Å². The second-order valence-electron chi connectivity index (χ2n) is 5.88. The number of anilines is 1. The maximum Gasteiger partial charge on any atom is 0.260 e. The molecule has 2 aromatic rings. The Morgan fingerprint density at radius 1 is 1.05 bits per heavy atom. The lowest BCUT2D eigenvalue weighted by Crippen LogP contribution is -2.20. The van der Waals surface area contributed by atoms with Gasteiger partial charge in [-0.05, 0) is 31.9 Å². The highest BCUT2D eigenvalue weighted by atomic mass is 16.5. The average Bonchev–Trinajstić information content (AvgIpc) is 2.89. The van der Waals surface area contributed by atoms with Crippen molar-refractivity contribution >= 4 is 5.69 Å². The molecule has 1 N–H and O–H groups in total. The van der Waals surface area contributed by atoms with Crippen LogP contribution in [0.4, 0.5) is 5.69 Å². The van der Waals surface area contributed by atoms with E-state index < -0.39 is 0 Å². The van der Waals surface area contributed by atoms with Gasteiger partial charge in [-0.2, -0.15) is 4.98 Å². The van der Waals surface area contributed by atoms with Crippen molar-refractivity contribution in [3.63, 3.8) is 0 Å². The molecule has 1 aliphatic rings. The van der Waals surface area contributed by atoms with Crippen LogP contribution < -0.4 is 5.32 Å². The van der Waals surface area contributed by atoms with Crippen molar-refractivity contribution in [3.8, 4) is 11.5 Å². The molecule has 1 saturated carbocycles. The summed E-state index contributed by atoms with van der Waals surface area (Å²) < 4.78 is 5.32. The number of benzene rings is 1. The van der Waals surface area contributed by atoms with E-state index in [0.717, 1.165) is 11.3 Å². The van der Waals surface area contributed by atoms with Gasteiger partial charge in [0.1, 0.15) is 0 Å². The van der Waals surface area contributed by atoms with E-state index in [9.17, 15) is 0 Å². The van der Waals surface area contributed by atoms with Crippen LogP contribution in [-0.4, -0.2) is 16.2 Å². The highest BCUT2D eigenvalue weighted by Crippen LogP contribution is 2.29. The van der Waals surface area contributed by atoms with Crippen LogP contribution in [0.5, 0.6) is 0 Å². The second kappa shape index (κ2) is 6.74. The van der Waals surface area contributed by atoms with E-state index in [2.05, 4.69) is 27.6 Å². The number of hydrogen-bond donors (Lipinski definition) is 1. The first-order valence-corrected chi connectivity index (χ1v) is 7.99. The third kappa shape index (κ3) is 3.63. The van der Waals surface area contributed by atoms with Gasteiger partial charge in [-0.25, -0.2) is 0 Å². The van der Waals surface area contributed by atoms with E-state index in [4.69, 9.17) is 4.52 Å². The summed E-state index contributed by atoms with van der Waals surface area (Å²) in [6.45, 7) is 1.85. The summed E-state index contributed by atoms with van der Waals surface area (Å²) in [5.41, 5.74) is 2.10. The quantitative estimate of drug-likeness (QED) is 0.897. The van der Waals surface area contributed by atoms with E-state index in [1.807, 2.05) is 19.1 Å². The molecular formula is C17H23N3O. The highest BCUT2D eigenvalue weighted by Gasteiger charge is 2.15. The fourth-order valence-electron chi connectivity index (χ4n) is 3.02. The molecule has 3 rings (SSSR count). The molecule has 112 valence electrons. The van der Waals surface area contributed by atoms with Gasteiger partial charge in [-0.3, -0.25) is 0 Å². The molecule has 21 heavy (non-hydrogen) atoms. The molecule has 1 aromatic carbocycles. The van der Waals surface area contributed by atoms with E-state index in [1.54, 1.807) is 0 Å². The van der Waals surface area contributed by atoms with Crippen molar-refractivity contribution in [3.05, 3.63) is 30.1 Å². The fraction of sp³-hybridized carbons (Fsp3) is 0.529. The Labute approximate surface area is 126 Å². The van der Waals surface area contributed by atoms with E-state index in [1.165, 1.54) is 44.9 Å². The zero-order valence-corrected chi connectivity index (χ0v) is 12.6. The third-order valence-corrected chi connectivity index (χ3v) is 4.15. The Morgan fingerprint density at radius 2 is 1.76 bits per heavy atom. The molecule has 0 radical (unpaired) electrons. The second-order valence-corrected chi connectivity index (χ2v) is 5.88. The van der Waals surface area contributed by atoms with Crippen molar-refractivity contribution in [1.29, 1.82) is 0 Å². The first-order valence-electron chi connectivity index (χ1n) is 7.99. The van der Waals surface area contributed by atoms with Crippen molar-refractivity contribution in [2.75, 3.05) is 5.32 Å². The Balaban J connectivity index is 1.78. The van der Waals surface area contributed by atoms with Gasteiger partial charge in [0.25, 0.3) is 5.89 Å². The van der Waals surface area contributed by atoms with Crippen molar-refractivity contribution in [2.45, 2.75) is 57.9 Å². The van der Waals surface area contributed by atoms with Crippen LogP contribution in [0, 0.1) is 6.92 Å². The lowest BCUT2D eigenvalue weighted by Gasteiger charge is -2.23. The predicted octanol–water partition coefficient (Wildman–Crippen LogP) is 4.57. The fourth-order valence-corrected chi connectivity index (χ4v) is 3.02. The maximum atomic E-state index is 5.32. The molecule has 0 aliphatic heterocycles. The van der Waals surface area contributed by atoms with Gasteiger partial charge in [0, 0.05) is 11.7 Å². The molecule has 0 spiro atoms. The lowest BCUT2D eigenvalue weighted by atomic mass is 9.96. The number of hydrogen-bond acceptors (Lipinski definition) is 4. The normalized spacial score (nSPS) is 17.2. The van der Waals surface area contributed by atoms with Crippen molar-refractivity contribution in [1.82, 2.24) is 10.1 Å². The van der Waals surface area contributed by atoms with Gasteiger partial charge >= 0.3 is 0 Å². The SMILES string of the molecule is Cc1noc(-c2ccccc2NC2CCCCCCC2)n1. The molecule has 4 heteroatoms. The van der Waals surface area contributed by atoms with Crippen molar-refractivity contribution < 1.29 is 4.52 Å². The summed E-state index contributed by atoms with van der Waals surface area (Å²) >= 11 is 0. The molecule has 0 atom stereocenters. The van der Waals surface area contributed by atoms with Gasteiger partial charge in [0.15, 0.2) is 5.82 Å². The van der Waals surface area contributed by atoms with Gasteiger partial charge < -0.3 is 9.84 Å². The molecule has 0 amide bonds. The Hall–Kier alpha value is -1.84. The number of nitrogens with one attached hydrogen (secondary N) is 1. The third-order valence-electron chi connectivity index (χ3n) is 4.15. The van der Waals surface area contributed by atoms with Crippen LogP contribution >= 0.6 is 0 Å². The molecular weight excluding hydrogens is 262 g/mol. The average molecular weight is 285 g/mol. The van der Waals surface area contributed by atoms with Crippen LogP contribution in [0.1, 0.15) is 50.8 Å². The molecule has 1 aliphatic carbocycles. The minimum absolute atomic E-state index is 0.551. The lowest BCUT2D eigenvalue weighted by molar-refractivity contribution is 0.425. The molecule has 1 fully saturated rings. The largest absolute Gasteiger partial charge is 0.382 e. The first kappa shape index (κ1) is 14.1. The zero-order valence-electron chi connectivity index (χ0n) is 12.6. The van der Waals surface area contributed by atoms with Crippen LogP contribution in [0.25, 0.3) is 11.5 Å². The number of rotatable bonds is 3. The predicted molar refractivity (Wildman–Crippen MR) is 84.2 cm³/mol. The van der Waals surface area contributed by atoms with Gasteiger partial charge in [-0.1, -0.05) is 49.4 Å². The Morgan fingerprint density at radius 3 is 2.48 bits per heavy atom. The summed E-state index contributed by atoms with van der Waals surface area (Å²) in [7, 11) is 0. The van der Waals surface area contributed by atoms with Crippen LogP contribution in [0.2, 0.25) is 0 Å². The first-order chi connectivity index (χ1) is 10.3. The zero-order chi connectivity index (χ0) is 14.5. The van der Waals surface area contributed by atoms with Gasteiger partial charge in [-0.15, -0.1) is 0 Å². The van der Waals surface area contributed by atoms with E-state index >= 15 is 0 Å². The molecule has 0 saturated heterocycles. The monoisotopic (exact) mass is 285 g/mol. The van der Waals surface area contributed by atoms with Crippen molar-refractivity contribution in [2.24, 2.45) is 0 Å². The smallest absolute Gasteiger partial charge is 0.260 e. The summed E-state index contributed by atoms with van der Waals surface area (Å²) in [6, 6.07) is 8.76. The minimum atomic E-state index is 0.551. The Bertz CT molecular complexity index is 571. The number of aromatic nitrogens is 2. The van der Waals surface area contributed by atoms with Crippen LogP contribution in [0.3, 0.4) is 0 Å². The van der Waals surface area contributed by atoms with Crippen LogP contribution in [-0.2, 0) is 0 Å². The summed E-state index contributed by atoms with van der Waals surface area (Å²) in [5, 5.41) is 7.59. The number of aryl methyl sites for hydroxylation is 1. The number of nitrogens with zero attached hydrogens (tertiary/aromatic N) is 2.